The lowest BCUT2D eigenvalue weighted by molar-refractivity contribution is 0.0939. The molecule has 2 heterocycles. The van der Waals surface area contributed by atoms with E-state index in [1.54, 1.807) is 53.6 Å². The predicted octanol–water partition coefficient (Wildman–Crippen LogP) is 4.78. The number of carbonyl (C=O) groups excluding carboxylic acids is 1. The van der Waals surface area contributed by atoms with E-state index in [1.807, 2.05) is 32.0 Å². The van der Waals surface area contributed by atoms with E-state index in [2.05, 4.69) is 15.4 Å². The van der Waals surface area contributed by atoms with Crippen LogP contribution in [-0.4, -0.2) is 20.7 Å². The van der Waals surface area contributed by atoms with Gasteiger partial charge in [-0.1, -0.05) is 12.1 Å². The molecule has 0 aliphatic heterocycles. The summed E-state index contributed by atoms with van der Waals surface area (Å²) < 4.78 is 20.7. The third kappa shape index (κ3) is 4.83. The highest BCUT2D eigenvalue weighted by molar-refractivity contribution is 5.94. The Labute approximate surface area is 185 Å². The van der Waals surface area contributed by atoms with Gasteiger partial charge >= 0.3 is 0 Å². The maximum Gasteiger partial charge on any atom is 0.251 e. The molecule has 0 aliphatic rings. The fourth-order valence-electron chi connectivity index (χ4n) is 3.43. The third-order valence-corrected chi connectivity index (χ3v) is 5.16. The van der Waals surface area contributed by atoms with Gasteiger partial charge in [0, 0.05) is 34.8 Å². The lowest BCUT2D eigenvalue weighted by atomic mass is 10.1. The van der Waals surface area contributed by atoms with Crippen LogP contribution in [0.2, 0.25) is 0 Å². The van der Waals surface area contributed by atoms with Crippen molar-refractivity contribution in [1.82, 2.24) is 20.1 Å². The largest absolute Gasteiger partial charge is 0.489 e. The Morgan fingerprint density at radius 3 is 2.69 bits per heavy atom. The standard InChI is InChI=1S/C25H23FN4O2/c1-17(24-15-28-30(18(24)2)22-10-8-21(26)9-11-22)29-25(31)20-6-3-7-23(13-20)32-16-19-5-4-12-27-14-19/h3-15,17H,16H2,1-2H3,(H,29,31). The predicted molar refractivity (Wildman–Crippen MR) is 119 cm³/mol. The van der Waals surface area contributed by atoms with Gasteiger partial charge < -0.3 is 10.1 Å². The minimum atomic E-state index is -0.300. The van der Waals surface area contributed by atoms with Gasteiger partial charge in [0.2, 0.25) is 0 Å². The molecular formula is C25H23FN4O2. The molecule has 1 amide bonds. The van der Waals surface area contributed by atoms with Crippen molar-refractivity contribution in [2.75, 3.05) is 0 Å². The van der Waals surface area contributed by atoms with E-state index >= 15 is 0 Å². The highest BCUT2D eigenvalue weighted by atomic mass is 19.1. The molecule has 0 fully saturated rings. The number of hydrogen-bond donors (Lipinski definition) is 1. The Bertz CT molecular complexity index is 1210. The zero-order chi connectivity index (χ0) is 22.5. The highest BCUT2D eigenvalue weighted by Crippen LogP contribution is 2.22. The van der Waals surface area contributed by atoms with Gasteiger partial charge in [0.25, 0.3) is 5.91 Å². The molecule has 0 radical (unpaired) electrons. The molecule has 1 N–H and O–H groups in total. The Kier molecular flexibility index (Phi) is 6.26. The second kappa shape index (κ2) is 9.43. The van der Waals surface area contributed by atoms with Gasteiger partial charge in [-0.25, -0.2) is 9.07 Å². The summed E-state index contributed by atoms with van der Waals surface area (Å²) in [7, 11) is 0. The summed E-state index contributed by atoms with van der Waals surface area (Å²) in [6, 6.07) is 16.7. The zero-order valence-corrected chi connectivity index (χ0v) is 17.8. The van der Waals surface area contributed by atoms with E-state index in [1.165, 1.54) is 12.1 Å². The minimum absolute atomic E-state index is 0.210. The van der Waals surface area contributed by atoms with Crippen molar-refractivity contribution in [3.63, 3.8) is 0 Å². The lowest BCUT2D eigenvalue weighted by Crippen LogP contribution is -2.27. The average molecular weight is 430 g/mol. The van der Waals surface area contributed by atoms with Gasteiger partial charge in [-0.3, -0.25) is 9.78 Å². The summed E-state index contributed by atoms with van der Waals surface area (Å²) in [5.41, 5.74) is 3.96. The fraction of sp³-hybridized carbons (Fsp3) is 0.160. The number of aromatic nitrogens is 3. The van der Waals surface area contributed by atoms with E-state index in [9.17, 15) is 9.18 Å². The van der Waals surface area contributed by atoms with Crippen LogP contribution < -0.4 is 10.1 Å². The number of benzene rings is 2. The minimum Gasteiger partial charge on any atom is -0.489 e. The van der Waals surface area contributed by atoms with Gasteiger partial charge in [0.1, 0.15) is 18.2 Å². The Hall–Kier alpha value is -4.00. The van der Waals surface area contributed by atoms with Crippen molar-refractivity contribution in [1.29, 1.82) is 0 Å². The molecule has 0 bridgehead atoms. The first-order valence-corrected chi connectivity index (χ1v) is 10.2. The van der Waals surface area contributed by atoms with Crippen LogP contribution in [0, 0.1) is 12.7 Å². The van der Waals surface area contributed by atoms with Gasteiger partial charge in [-0.2, -0.15) is 5.10 Å². The van der Waals surface area contributed by atoms with E-state index in [-0.39, 0.29) is 17.8 Å². The number of halogens is 1. The van der Waals surface area contributed by atoms with Crippen LogP contribution in [0.25, 0.3) is 5.69 Å². The monoisotopic (exact) mass is 430 g/mol. The smallest absolute Gasteiger partial charge is 0.251 e. The van der Waals surface area contributed by atoms with Crippen molar-refractivity contribution < 1.29 is 13.9 Å². The number of hydrogen-bond acceptors (Lipinski definition) is 4. The first kappa shape index (κ1) is 21.2. The molecule has 162 valence electrons. The molecule has 1 unspecified atom stereocenters. The number of ether oxygens (including phenoxy) is 1. The quantitative estimate of drug-likeness (QED) is 0.458. The summed E-state index contributed by atoms with van der Waals surface area (Å²) in [5.74, 6) is 0.0961. The number of rotatable bonds is 7. The molecule has 0 aliphatic carbocycles. The number of carbonyl (C=O) groups is 1. The highest BCUT2D eigenvalue weighted by Gasteiger charge is 2.17. The van der Waals surface area contributed by atoms with Crippen LogP contribution in [-0.2, 0) is 6.61 Å². The van der Waals surface area contributed by atoms with E-state index in [0.717, 1.165) is 22.5 Å². The molecule has 2 aromatic carbocycles. The first-order valence-electron chi connectivity index (χ1n) is 10.2. The summed E-state index contributed by atoms with van der Waals surface area (Å²) in [5, 5.41) is 7.41. The second-order valence-electron chi connectivity index (χ2n) is 7.45. The van der Waals surface area contributed by atoms with Crippen LogP contribution in [0.4, 0.5) is 4.39 Å². The summed E-state index contributed by atoms with van der Waals surface area (Å²) in [6.07, 6.45) is 5.17. The molecule has 1 atom stereocenters. The Morgan fingerprint density at radius 2 is 1.94 bits per heavy atom. The van der Waals surface area contributed by atoms with Crippen LogP contribution in [0.15, 0.2) is 79.3 Å². The normalized spacial score (nSPS) is 11.7. The van der Waals surface area contributed by atoms with Crippen molar-refractivity contribution in [3.8, 4) is 11.4 Å². The molecule has 7 heteroatoms. The maximum absolute atomic E-state index is 13.2. The second-order valence-corrected chi connectivity index (χ2v) is 7.45. The molecule has 4 aromatic rings. The van der Waals surface area contributed by atoms with Crippen LogP contribution in [0.3, 0.4) is 0 Å². The number of nitrogens with zero attached hydrogens (tertiary/aromatic N) is 3. The molecule has 6 nitrogen and oxygen atoms in total. The zero-order valence-electron chi connectivity index (χ0n) is 17.8. The summed E-state index contributed by atoms with van der Waals surface area (Å²) in [4.78, 5) is 16.9. The molecular weight excluding hydrogens is 407 g/mol. The molecule has 2 aromatic heterocycles. The molecule has 0 saturated carbocycles. The van der Waals surface area contributed by atoms with Crippen molar-refractivity contribution in [2.45, 2.75) is 26.5 Å². The van der Waals surface area contributed by atoms with E-state index < -0.39 is 0 Å². The van der Waals surface area contributed by atoms with Gasteiger partial charge in [-0.15, -0.1) is 0 Å². The third-order valence-electron chi connectivity index (χ3n) is 5.16. The molecule has 4 rings (SSSR count). The number of amides is 1. The molecule has 0 saturated heterocycles. The number of pyridine rings is 1. The maximum atomic E-state index is 13.2. The summed E-state index contributed by atoms with van der Waals surface area (Å²) in [6.45, 7) is 4.19. The van der Waals surface area contributed by atoms with Gasteiger partial charge in [0.05, 0.1) is 17.9 Å². The molecule has 32 heavy (non-hydrogen) atoms. The average Bonchev–Trinajstić information content (AvgIpc) is 3.20. The van der Waals surface area contributed by atoms with Crippen LogP contribution in [0.1, 0.15) is 40.1 Å². The first-order chi connectivity index (χ1) is 15.5. The SMILES string of the molecule is Cc1c(C(C)NC(=O)c2cccc(OCc3cccnc3)c2)cnn1-c1ccc(F)cc1. The van der Waals surface area contributed by atoms with Crippen LogP contribution in [0.5, 0.6) is 5.75 Å². The van der Waals surface area contributed by atoms with E-state index in [4.69, 9.17) is 4.74 Å². The van der Waals surface area contributed by atoms with Crippen molar-refractivity contribution >= 4 is 5.91 Å². The van der Waals surface area contributed by atoms with E-state index in [0.29, 0.717) is 17.9 Å². The Balaban J connectivity index is 1.43. The van der Waals surface area contributed by atoms with Gasteiger partial charge in [0.15, 0.2) is 0 Å². The number of nitrogens with one attached hydrogen (secondary N) is 1. The van der Waals surface area contributed by atoms with Crippen molar-refractivity contribution in [3.05, 3.63) is 107 Å². The van der Waals surface area contributed by atoms with Gasteiger partial charge in [-0.05, 0) is 62.4 Å². The summed E-state index contributed by atoms with van der Waals surface area (Å²) >= 11 is 0. The topological polar surface area (TPSA) is 69.0 Å². The molecule has 0 spiro atoms. The van der Waals surface area contributed by atoms with Crippen LogP contribution >= 0.6 is 0 Å². The Morgan fingerprint density at radius 1 is 1.12 bits per heavy atom. The van der Waals surface area contributed by atoms with Crippen molar-refractivity contribution in [2.24, 2.45) is 0 Å². The lowest BCUT2D eigenvalue weighted by Gasteiger charge is -2.15. The fourth-order valence-corrected chi connectivity index (χ4v) is 3.43.